The maximum Gasteiger partial charge on any atom is 0.306 e. The van der Waals surface area contributed by atoms with E-state index in [4.69, 9.17) is 5.11 Å². The number of aliphatic carboxylic acids is 1. The number of benzene rings is 1. The average molecular weight is 265 g/mol. The Bertz CT molecular complexity index is 495. The molecule has 19 heavy (non-hydrogen) atoms. The molecule has 0 saturated heterocycles. The van der Waals surface area contributed by atoms with Gasteiger partial charge in [-0.25, -0.2) is 4.39 Å². The van der Waals surface area contributed by atoms with Crippen LogP contribution in [0.4, 0.5) is 4.39 Å². The molecule has 4 nitrogen and oxygen atoms in total. The third kappa shape index (κ3) is 3.30. The first kappa shape index (κ1) is 13.5. The highest BCUT2D eigenvalue weighted by Crippen LogP contribution is 2.25. The van der Waals surface area contributed by atoms with E-state index in [1.807, 2.05) is 0 Å². The zero-order valence-electron chi connectivity index (χ0n) is 10.6. The first-order valence-corrected chi connectivity index (χ1v) is 6.26. The maximum absolute atomic E-state index is 13.2. The van der Waals surface area contributed by atoms with Crippen LogP contribution >= 0.6 is 0 Å². The van der Waals surface area contributed by atoms with Crippen LogP contribution in [0.5, 0.6) is 0 Å². The Hall–Kier alpha value is -1.91. The monoisotopic (exact) mass is 265 g/mol. The van der Waals surface area contributed by atoms with Gasteiger partial charge in [-0.2, -0.15) is 0 Å². The summed E-state index contributed by atoms with van der Waals surface area (Å²) in [6, 6.07) is 4.01. The number of amides is 1. The predicted octanol–water partition coefficient (Wildman–Crippen LogP) is 2.12. The smallest absolute Gasteiger partial charge is 0.306 e. The lowest BCUT2D eigenvalue weighted by atomic mass is 10.1. The average Bonchev–Trinajstić information content (AvgIpc) is 2.76. The Balaban J connectivity index is 2.00. The Morgan fingerprint density at radius 2 is 2.05 bits per heavy atom. The molecule has 1 aromatic carbocycles. The van der Waals surface area contributed by atoms with Crippen LogP contribution in [0.15, 0.2) is 18.2 Å². The van der Waals surface area contributed by atoms with Crippen LogP contribution in [0, 0.1) is 18.7 Å². The van der Waals surface area contributed by atoms with Crippen molar-refractivity contribution in [2.45, 2.75) is 32.2 Å². The van der Waals surface area contributed by atoms with Gasteiger partial charge in [-0.3, -0.25) is 9.59 Å². The molecule has 0 heterocycles. The number of hydrogen-bond acceptors (Lipinski definition) is 2. The summed E-state index contributed by atoms with van der Waals surface area (Å²) in [4.78, 5) is 22.8. The minimum absolute atomic E-state index is 0.142. The number of carboxylic acids is 1. The van der Waals surface area contributed by atoms with Gasteiger partial charge in [-0.05, 0) is 49.9 Å². The standard InChI is InChI=1S/C14H16FNO3/c1-8-4-10(6-11(15)5-8)13(17)16-12-3-2-9(7-12)14(18)19/h4-6,9,12H,2-3,7H2,1H3,(H,16,17)(H,18,19)/t9-,12+/m0/s1. The summed E-state index contributed by atoms with van der Waals surface area (Å²) in [6.45, 7) is 1.72. The van der Waals surface area contributed by atoms with E-state index in [1.165, 1.54) is 12.1 Å². The van der Waals surface area contributed by atoms with Crippen molar-refractivity contribution in [1.82, 2.24) is 5.32 Å². The van der Waals surface area contributed by atoms with E-state index in [0.29, 0.717) is 24.8 Å². The van der Waals surface area contributed by atoms with E-state index in [1.54, 1.807) is 13.0 Å². The predicted molar refractivity (Wildman–Crippen MR) is 67.4 cm³/mol. The molecule has 1 aromatic rings. The molecule has 0 aromatic heterocycles. The third-order valence-electron chi connectivity index (χ3n) is 3.42. The second-order valence-electron chi connectivity index (χ2n) is 5.04. The number of rotatable bonds is 3. The van der Waals surface area contributed by atoms with Crippen molar-refractivity contribution in [3.63, 3.8) is 0 Å². The zero-order valence-corrected chi connectivity index (χ0v) is 10.6. The van der Waals surface area contributed by atoms with Gasteiger partial charge in [0, 0.05) is 11.6 Å². The van der Waals surface area contributed by atoms with Gasteiger partial charge in [0.15, 0.2) is 0 Å². The summed E-state index contributed by atoms with van der Waals surface area (Å²) < 4.78 is 13.2. The van der Waals surface area contributed by atoms with Crippen LogP contribution in [0.3, 0.4) is 0 Å². The van der Waals surface area contributed by atoms with Crippen molar-refractivity contribution < 1.29 is 19.1 Å². The fourth-order valence-corrected chi connectivity index (χ4v) is 2.47. The lowest BCUT2D eigenvalue weighted by Crippen LogP contribution is -2.33. The number of carbonyl (C=O) groups excluding carboxylic acids is 1. The molecule has 1 aliphatic carbocycles. The van der Waals surface area contributed by atoms with Crippen LogP contribution in [0.25, 0.3) is 0 Å². The topological polar surface area (TPSA) is 66.4 Å². The molecule has 2 atom stereocenters. The van der Waals surface area contributed by atoms with E-state index in [2.05, 4.69) is 5.32 Å². The fraction of sp³-hybridized carbons (Fsp3) is 0.429. The maximum atomic E-state index is 13.2. The van der Waals surface area contributed by atoms with Crippen molar-refractivity contribution >= 4 is 11.9 Å². The molecule has 102 valence electrons. The van der Waals surface area contributed by atoms with Gasteiger partial charge in [0.1, 0.15) is 5.82 Å². The van der Waals surface area contributed by atoms with E-state index in [-0.39, 0.29) is 23.4 Å². The summed E-state index contributed by atoms with van der Waals surface area (Å²) in [6.07, 6.45) is 1.66. The first-order valence-electron chi connectivity index (χ1n) is 6.26. The summed E-state index contributed by atoms with van der Waals surface area (Å²) >= 11 is 0. The Kier molecular flexibility index (Phi) is 3.83. The summed E-state index contributed by atoms with van der Waals surface area (Å²) in [5.74, 6) is -2.00. The van der Waals surface area contributed by atoms with E-state index in [9.17, 15) is 14.0 Å². The molecule has 1 saturated carbocycles. The van der Waals surface area contributed by atoms with E-state index >= 15 is 0 Å². The zero-order chi connectivity index (χ0) is 14.0. The normalized spacial score (nSPS) is 22.2. The van der Waals surface area contributed by atoms with Crippen LogP contribution in [0.2, 0.25) is 0 Å². The number of carboxylic acid groups (broad SMARTS) is 1. The van der Waals surface area contributed by atoms with Crippen molar-refractivity contribution in [1.29, 1.82) is 0 Å². The molecule has 0 radical (unpaired) electrons. The number of halogens is 1. The highest BCUT2D eigenvalue weighted by Gasteiger charge is 2.30. The van der Waals surface area contributed by atoms with Crippen LogP contribution in [-0.4, -0.2) is 23.0 Å². The first-order chi connectivity index (χ1) is 8.95. The van der Waals surface area contributed by atoms with Crippen LogP contribution in [0.1, 0.15) is 35.2 Å². The van der Waals surface area contributed by atoms with Gasteiger partial charge >= 0.3 is 5.97 Å². The molecule has 1 aliphatic rings. The lowest BCUT2D eigenvalue weighted by Gasteiger charge is -2.12. The van der Waals surface area contributed by atoms with E-state index in [0.717, 1.165) is 0 Å². The van der Waals surface area contributed by atoms with Crippen molar-refractivity contribution in [3.8, 4) is 0 Å². The van der Waals surface area contributed by atoms with Gasteiger partial charge in [-0.15, -0.1) is 0 Å². The van der Waals surface area contributed by atoms with Crippen LogP contribution in [-0.2, 0) is 4.79 Å². The van der Waals surface area contributed by atoms with E-state index < -0.39 is 11.8 Å². The van der Waals surface area contributed by atoms with Gasteiger partial charge in [0.25, 0.3) is 5.91 Å². The summed E-state index contributed by atoms with van der Waals surface area (Å²) in [5.41, 5.74) is 0.955. The number of aryl methyl sites for hydroxylation is 1. The summed E-state index contributed by atoms with van der Waals surface area (Å²) in [7, 11) is 0. The number of nitrogens with one attached hydrogen (secondary N) is 1. The SMILES string of the molecule is Cc1cc(F)cc(C(=O)N[C@@H]2CC[C@H](C(=O)O)C2)c1. The number of carbonyl (C=O) groups is 2. The molecule has 1 fully saturated rings. The largest absolute Gasteiger partial charge is 0.481 e. The molecule has 0 aliphatic heterocycles. The molecule has 0 bridgehead atoms. The fourth-order valence-electron chi connectivity index (χ4n) is 2.47. The van der Waals surface area contributed by atoms with Gasteiger partial charge in [0.2, 0.25) is 0 Å². The highest BCUT2D eigenvalue weighted by atomic mass is 19.1. The molecule has 2 rings (SSSR count). The Labute approximate surface area is 110 Å². The van der Waals surface area contributed by atoms with Gasteiger partial charge < -0.3 is 10.4 Å². The Morgan fingerprint density at radius 1 is 1.32 bits per heavy atom. The quantitative estimate of drug-likeness (QED) is 0.879. The molecule has 5 heteroatoms. The minimum atomic E-state index is -0.821. The van der Waals surface area contributed by atoms with Crippen molar-refractivity contribution in [2.75, 3.05) is 0 Å². The van der Waals surface area contributed by atoms with Crippen LogP contribution < -0.4 is 5.32 Å². The number of hydrogen-bond donors (Lipinski definition) is 2. The molecular formula is C14H16FNO3. The molecule has 2 N–H and O–H groups in total. The minimum Gasteiger partial charge on any atom is -0.481 e. The second-order valence-corrected chi connectivity index (χ2v) is 5.04. The van der Waals surface area contributed by atoms with Gasteiger partial charge in [0.05, 0.1) is 5.92 Å². The van der Waals surface area contributed by atoms with Crippen molar-refractivity contribution in [3.05, 3.63) is 35.1 Å². The molecule has 0 spiro atoms. The third-order valence-corrected chi connectivity index (χ3v) is 3.42. The highest BCUT2D eigenvalue weighted by molar-refractivity contribution is 5.94. The summed E-state index contributed by atoms with van der Waals surface area (Å²) in [5, 5.41) is 11.7. The molecule has 0 unspecified atom stereocenters. The molecular weight excluding hydrogens is 249 g/mol. The second kappa shape index (κ2) is 5.38. The Morgan fingerprint density at radius 3 is 2.63 bits per heavy atom. The van der Waals surface area contributed by atoms with Gasteiger partial charge in [-0.1, -0.05) is 0 Å². The van der Waals surface area contributed by atoms with Crippen molar-refractivity contribution in [2.24, 2.45) is 5.92 Å². The molecule has 1 amide bonds. The lowest BCUT2D eigenvalue weighted by molar-refractivity contribution is -0.141.